The summed E-state index contributed by atoms with van der Waals surface area (Å²) in [5.74, 6) is 0.376. The highest BCUT2D eigenvalue weighted by Crippen LogP contribution is 2.28. The molecule has 0 saturated heterocycles. The summed E-state index contributed by atoms with van der Waals surface area (Å²) in [5, 5.41) is 13.2. The normalized spacial score (nSPS) is 17.7. The number of phenols is 1. The minimum atomic E-state index is 0.376. The number of aryl methyl sites for hydroxylation is 1. The molecule has 0 heterocycles. The van der Waals surface area contributed by atoms with Gasteiger partial charge in [0.05, 0.1) is 5.69 Å². The van der Waals surface area contributed by atoms with E-state index in [4.69, 9.17) is 0 Å². The van der Waals surface area contributed by atoms with Crippen molar-refractivity contribution in [2.75, 3.05) is 5.32 Å². The molecule has 2 heteroatoms. The summed E-state index contributed by atoms with van der Waals surface area (Å²) in [4.78, 5) is 0. The van der Waals surface area contributed by atoms with Gasteiger partial charge in [-0.05, 0) is 37.5 Å². The molecule has 1 aromatic carbocycles. The third-order valence-corrected chi connectivity index (χ3v) is 3.12. The van der Waals surface area contributed by atoms with Crippen LogP contribution in [0.5, 0.6) is 5.75 Å². The van der Waals surface area contributed by atoms with Crippen LogP contribution >= 0.6 is 0 Å². The van der Waals surface area contributed by atoms with Crippen molar-refractivity contribution in [3.63, 3.8) is 0 Å². The number of benzene rings is 1. The lowest BCUT2D eigenvalue weighted by Crippen LogP contribution is -2.22. The van der Waals surface area contributed by atoms with Crippen LogP contribution in [0.4, 0.5) is 5.69 Å². The lowest BCUT2D eigenvalue weighted by molar-refractivity contribution is 0.453. The van der Waals surface area contributed by atoms with Crippen molar-refractivity contribution < 1.29 is 5.11 Å². The Balaban J connectivity index is 2.03. The van der Waals surface area contributed by atoms with Gasteiger partial charge < -0.3 is 10.4 Å². The zero-order valence-electron chi connectivity index (χ0n) is 9.29. The number of rotatable bonds is 2. The van der Waals surface area contributed by atoms with E-state index >= 15 is 0 Å². The maximum Gasteiger partial charge on any atom is 0.138 e. The summed E-state index contributed by atoms with van der Waals surface area (Å²) in [6.45, 7) is 1.99. The Hall–Kier alpha value is -1.18. The maximum atomic E-state index is 9.76. The number of anilines is 1. The molecule has 0 aliphatic heterocycles. The van der Waals surface area contributed by atoms with Crippen LogP contribution in [0.2, 0.25) is 0 Å². The highest BCUT2D eigenvalue weighted by molar-refractivity contribution is 5.57. The Kier molecular flexibility index (Phi) is 3.14. The summed E-state index contributed by atoms with van der Waals surface area (Å²) in [6.07, 6.45) is 6.44. The van der Waals surface area contributed by atoms with Crippen LogP contribution in [0.1, 0.15) is 37.7 Å². The van der Waals surface area contributed by atoms with Crippen LogP contribution in [0.15, 0.2) is 18.2 Å². The molecule has 1 saturated carbocycles. The van der Waals surface area contributed by atoms with E-state index in [1.807, 2.05) is 25.1 Å². The Morgan fingerprint density at radius 1 is 1.20 bits per heavy atom. The second-order valence-electron chi connectivity index (χ2n) is 4.50. The Labute approximate surface area is 91.3 Å². The monoisotopic (exact) mass is 205 g/mol. The highest BCUT2D eigenvalue weighted by atomic mass is 16.3. The van der Waals surface area contributed by atoms with Gasteiger partial charge in [-0.25, -0.2) is 0 Å². The zero-order valence-corrected chi connectivity index (χ0v) is 9.29. The fourth-order valence-electron chi connectivity index (χ4n) is 2.23. The molecule has 0 unspecified atom stereocenters. The molecule has 1 fully saturated rings. The van der Waals surface area contributed by atoms with E-state index in [2.05, 4.69) is 5.32 Å². The Bertz CT molecular complexity index is 329. The van der Waals surface area contributed by atoms with E-state index in [1.165, 1.54) is 32.1 Å². The summed E-state index contributed by atoms with van der Waals surface area (Å²) < 4.78 is 0. The van der Waals surface area contributed by atoms with E-state index in [1.54, 1.807) is 0 Å². The van der Waals surface area contributed by atoms with Crippen LogP contribution < -0.4 is 5.32 Å². The molecule has 2 nitrogen and oxygen atoms in total. The predicted molar refractivity (Wildman–Crippen MR) is 63.3 cm³/mol. The maximum absolute atomic E-state index is 9.76. The van der Waals surface area contributed by atoms with Gasteiger partial charge in [-0.3, -0.25) is 0 Å². The minimum absolute atomic E-state index is 0.376. The first kappa shape index (κ1) is 10.3. The number of hydrogen-bond acceptors (Lipinski definition) is 2. The van der Waals surface area contributed by atoms with Gasteiger partial charge in [0.2, 0.25) is 0 Å². The van der Waals surface area contributed by atoms with Gasteiger partial charge in [0, 0.05) is 6.04 Å². The zero-order chi connectivity index (χ0) is 10.7. The predicted octanol–water partition coefficient (Wildman–Crippen LogP) is 3.45. The molecule has 0 radical (unpaired) electrons. The molecule has 1 aliphatic carbocycles. The Morgan fingerprint density at radius 2 is 1.93 bits per heavy atom. The van der Waals surface area contributed by atoms with Crippen LogP contribution in [0, 0.1) is 6.92 Å². The van der Waals surface area contributed by atoms with Crippen molar-refractivity contribution in [3.8, 4) is 5.75 Å². The van der Waals surface area contributed by atoms with Crippen molar-refractivity contribution >= 4 is 5.69 Å². The molecule has 15 heavy (non-hydrogen) atoms. The topological polar surface area (TPSA) is 32.3 Å². The molecule has 1 aliphatic rings. The number of nitrogens with one attached hydrogen (secondary N) is 1. The van der Waals surface area contributed by atoms with Crippen LogP contribution in [0.3, 0.4) is 0 Å². The molecule has 0 spiro atoms. The fourth-order valence-corrected chi connectivity index (χ4v) is 2.23. The number of aromatic hydroxyl groups is 1. The fraction of sp³-hybridized carbons (Fsp3) is 0.538. The summed E-state index contributed by atoms with van der Waals surface area (Å²) in [7, 11) is 0. The van der Waals surface area contributed by atoms with Gasteiger partial charge in [-0.15, -0.1) is 0 Å². The summed E-state index contributed by atoms with van der Waals surface area (Å²) >= 11 is 0. The van der Waals surface area contributed by atoms with E-state index in [9.17, 15) is 5.11 Å². The van der Waals surface area contributed by atoms with Crippen LogP contribution in [0.25, 0.3) is 0 Å². The lowest BCUT2D eigenvalue weighted by atomic mass is 9.95. The molecule has 82 valence electrons. The van der Waals surface area contributed by atoms with Crippen molar-refractivity contribution in [3.05, 3.63) is 23.8 Å². The van der Waals surface area contributed by atoms with Gasteiger partial charge in [-0.1, -0.05) is 25.3 Å². The largest absolute Gasteiger partial charge is 0.506 e. The molecular weight excluding hydrogens is 186 g/mol. The second-order valence-corrected chi connectivity index (χ2v) is 4.50. The van der Waals surface area contributed by atoms with Crippen LogP contribution in [-0.2, 0) is 0 Å². The van der Waals surface area contributed by atoms with Crippen molar-refractivity contribution in [2.45, 2.75) is 45.1 Å². The molecule has 0 bridgehead atoms. The van der Waals surface area contributed by atoms with Crippen molar-refractivity contribution in [2.24, 2.45) is 0 Å². The quantitative estimate of drug-likeness (QED) is 0.725. The SMILES string of the molecule is Cc1ccc(NC2CCCCC2)c(O)c1. The average molecular weight is 205 g/mol. The van der Waals surface area contributed by atoms with Crippen molar-refractivity contribution in [1.29, 1.82) is 0 Å². The second kappa shape index (κ2) is 4.56. The minimum Gasteiger partial charge on any atom is -0.506 e. The molecule has 2 rings (SSSR count). The van der Waals surface area contributed by atoms with Crippen molar-refractivity contribution in [1.82, 2.24) is 0 Å². The van der Waals surface area contributed by atoms with E-state index in [-0.39, 0.29) is 0 Å². The van der Waals surface area contributed by atoms with E-state index in [0.29, 0.717) is 11.8 Å². The molecule has 2 N–H and O–H groups in total. The molecule has 0 aromatic heterocycles. The highest BCUT2D eigenvalue weighted by Gasteiger charge is 2.14. The summed E-state index contributed by atoms with van der Waals surface area (Å²) in [5.41, 5.74) is 1.98. The van der Waals surface area contributed by atoms with E-state index in [0.717, 1.165) is 11.3 Å². The first-order valence-electron chi connectivity index (χ1n) is 5.82. The van der Waals surface area contributed by atoms with Gasteiger partial charge in [-0.2, -0.15) is 0 Å². The standard InChI is InChI=1S/C13H19NO/c1-10-7-8-12(13(15)9-10)14-11-5-3-2-4-6-11/h7-9,11,14-15H,2-6H2,1H3. The van der Waals surface area contributed by atoms with Gasteiger partial charge in [0.15, 0.2) is 0 Å². The third-order valence-electron chi connectivity index (χ3n) is 3.12. The van der Waals surface area contributed by atoms with Gasteiger partial charge >= 0.3 is 0 Å². The molecule has 0 amide bonds. The lowest BCUT2D eigenvalue weighted by Gasteiger charge is -2.24. The third kappa shape index (κ3) is 2.65. The smallest absolute Gasteiger partial charge is 0.138 e. The van der Waals surface area contributed by atoms with Crippen LogP contribution in [-0.4, -0.2) is 11.1 Å². The van der Waals surface area contributed by atoms with E-state index < -0.39 is 0 Å². The summed E-state index contributed by atoms with van der Waals surface area (Å²) in [6, 6.07) is 6.36. The molecule has 0 atom stereocenters. The Morgan fingerprint density at radius 3 is 2.60 bits per heavy atom. The first-order valence-corrected chi connectivity index (χ1v) is 5.82. The first-order chi connectivity index (χ1) is 7.25. The molecule has 1 aromatic rings. The average Bonchev–Trinajstić information content (AvgIpc) is 2.24. The molecular formula is C13H19NO. The number of hydrogen-bond donors (Lipinski definition) is 2. The van der Waals surface area contributed by atoms with Gasteiger partial charge in [0.1, 0.15) is 5.75 Å². The van der Waals surface area contributed by atoms with Gasteiger partial charge in [0.25, 0.3) is 0 Å². The number of phenolic OH excluding ortho intramolecular Hbond substituents is 1.